The maximum Gasteiger partial charge on any atom is 0.279 e. The molecule has 8 nitrogen and oxygen atoms in total. The lowest BCUT2D eigenvalue weighted by Crippen LogP contribution is -2.16. The zero-order chi connectivity index (χ0) is 20.2. The van der Waals surface area contributed by atoms with Crippen molar-refractivity contribution in [2.45, 2.75) is 18.5 Å². The molecule has 0 aliphatic heterocycles. The van der Waals surface area contributed by atoms with Gasteiger partial charge < -0.3 is 5.32 Å². The van der Waals surface area contributed by atoms with Crippen molar-refractivity contribution in [2.75, 3.05) is 11.1 Å². The van der Waals surface area contributed by atoms with Crippen LogP contribution in [0.3, 0.4) is 0 Å². The minimum Gasteiger partial charge on any atom is -0.325 e. The number of H-pyrrole nitrogens is 1. The molecule has 2 N–H and O–H groups in total. The lowest BCUT2D eigenvalue weighted by molar-refractivity contribution is -0.113. The quantitative estimate of drug-likeness (QED) is 0.477. The molecule has 0 aliphatic carbocycles. The molecule has 0 spiro atoms. The number of rotatable bonds is 6. The molecule has 0 saturated carbocycles. The molecule has 4 aromatic rings. The predicted molar refractivity (Wildman–Crippen MR) is 112 cm³/mol. The van der Waals surface area contributed by atoms with Gasteiger partial charge in [-0.15, -0.1) is 10.2 Å². The zero-order valence-corrected chi connectivity index (χ0v) is 16.4. The first kappa shape index (κ1) is 18.9. The number of carbonyl (C=O) groups excluding carboxylic acids is 1. The molecule has 0 unspecified atom stereocenters. The van der Waals surface area contributed by atoms with Gasteiger partial charge in [0, 0.05) is 11.3 Å². The maximum absolute atomic E-state index is 12.3. The summed E-state index contributed by atoms with van der Waals surface area (Å²) in [5.74, 6) is 0.203. The fourth-order valence-electron chi connectivity index (χ4n) is 2.77. The minimum absolute atomic E-state index is 0.137. The number of thioether (sulfide) groups is 1. The zero-order valence-electron chi connectivity index (χ0n) is 15.6. The van der Waals surface area contributed by atoms with Gasteiger partial charge in [-0.1, -0.05) is 61.2 Å². The summed E-state index contributed by atoms with van der Waals surface area (Å²) < 4.78 is 1.44. The van der Waals surface area contributed by atoms with Crippen LogP contribution in [-0.2, 0) is 11.2 Å². The number of carbonyl (C=O) groups is 1. The molecule has 0 fully saturated rings. The Bertz CT molecular complexity index is 1200. The lowest BCUT2D eigenvalue weighted by atomic mass is 10.1. The van der Waals surface area contributed by atoms with Crippen molar-refractivity contribution < 1.29 is 4.79 Å². The van der Waals surface area contributed by atoms with E-state index >= 15 is 0 Å². The summed E-state index contributed by atoms with van der Waals surface area (Å²) in [6.45, 7) is 2.08. The molecule has 9 heteroatoms. The lowest BCUT2D eigenvalue weighted by Gasteiger charge is -2.05. The Morgan fingerprint density at radius 1 is 1.10 bits per heavy atom. The fourth-order valence-corrected chi connectivity index (χ4v) is 3.45. The summed E-state index contributed by atoms with van der Waals surface area (Å²) in [7, 11) is 0. The summed E-state index contributed by atoms with van der Waals surface area (Å²) in [5.41, 5.74) is 2.56. The van der Waals surface area contributed by atoms with E-state index in [0.717, 1.165) is 12.1 Å². The van der Waals surface area contributed by atoms with E-state index in [1.807, 2.05) is 42.5 Å². The van der Waals surface area contributed by atoms with Crippen molar-refractivity contribution in [3.63, 3.8) is 0 Å². The number of nitrogens with zero attached hydrogens (tertiary/aromatic N) is 4. The number of benzene rings is 2. The third kappa shape index (κ3) is 4.19. The van der Waals surface area contributed by atoms with Crippen molar-refractivity contribution in [1.82, 2.24) is 24.8 Å². The molecule has 0 aliphatic rings. The highest BCUT2D eigenvalue weighted by molar-refractivity contribution is 7.99. The number of anilines is 1. The Labute approximate surface area is 170 Å². The molecule has 0 bridgehead atoms. The van der Waals surface area contributed by atoms with E-state index in [4.69, 9.17) is 0 Å². The highest BCUT2D eigenvalue weighted by Crippen LogP contribution is 2.18. The van der Waals surface area contributed by atoms with E-state index in [0.29, 0.717) is 10.7 Å². The van der Waals surface area contributed by atoms with E-state index in [1.165, 1.54) is 21.8 Å². The Hall–Kier alpha value is -3.46. The first-order chi connectivity index (χ1) is 14.1. The topological polar surface area (TPSA) is 105 Å². The van der Waals surface area contributed by atoms with Gasteiger partial charge >= 0.3 is 0 Å². The molecule has 1 amide bonds. The molecule has 0 radical (unpaired) electrons. The number of aromatic nitrogens is 5. The van der Waals surface area contributed by atoms with Crippen molar-refractivity contribution >= 4 is 29.1 Å². The van der Waals surface area contributed by atoms with Crippen molar-refractivity contribution in [1.29, 1.82) is 0 Å². The van der Waals surface area contributed by atoms with E-state index < -0.39 is 0 Å². The summed E-state index contributed by atoms with van der Waals surface area (Å²) in [5, 5.41) is 15.6. The monoisotopic (exact) mass is 406 g/mol. The number of aryl methyl sites for hydroxylation is 1. The first-order valence-corrected chi connectivity index (χ1v) is 10.1. The van der Waals surface area contributed by atoms with E-state index in [9.17, 15) is 9.59 Å². The van der Waals surface area contributed by atoms with Gasteiger partial charge in [0.2, 0.25) is 11.1 Å². The summed E-state index contributed by atoms with van der Waals surface area (Å²) in [4.78, 5) is 27.2. The van der Waals surface area contributed by atoms with Gasteiger partial charge in [-0.3, -0.25) is 14.6 Å². The molecule has 0 atom stereocenters. The standard InChI is InChI=1S/C20H18N6O2S/c1-2-13-8-10-15(11-9-13)21-16(27)12-29-20-24-23-19-22-18(28)17(25-26(19)20)14-6-4-3-5-7-14/h3-11H,2,12H2,1H3,(H,21,27)(H,22,23,28). The van der Waals surface area contributed by atoms with Gasteiger partial charge in [-0.25, -0.2) is 0 Å². The van der Waals surface area contributed by atoms with Gasteiger partial charge in [0.1, 0.15) is 0 Å². The number of fused-ring (bicyclic) bond motifs is 1. The molecule has 2 aromatic heterocycles. The van der Waals surface area contributed by atoms with E-state index in [-0.39, 0.29) is 28.7 Å². The summed E-state index contributed by atoms with van der Waals surface area (Å²) >= 11 is 1.19. The molecule has 2 aromatic carbocycles. The number of amides is 1. The number of hydrogen-bond acceptors (Lipinski definition) is 6. The van der Waals surface area contributed by atoms with Crippen LogP contribution in [0.4, 0.5) is 5.69 Å². The van der Waals surface area contributed by atoms with Crippen LogP contribution in [0.1, 0.15) is 12.5 Å². The average Bonchev–Trinajstić information content (AvgIpc) is 3.14. The van der Waals surface area contributed by atoms with Crippen LogP contribution in [0.5, 0.6) is 0 Å². The second-order valence-corrected chi connectivity index (χ2v) is 7.22. The van der Waals surface area contributed by atoms with Crippen molar-refractivity contribution in [3.8, 4) is 11.3 Å². The Morgan fingerprint density at radius 3 is 2.59 bits per heavy atom. The van der Waals surface area contributed by atoms with Gasteiger partial charge in [-0.2, -0.15) is 9.61 Å². The number of nitrogens with one attached hydrogen (secondary N) is 2. The molecule has 0 saturated heterocycles. The van der Waals surface area contributed by atoms with Crippen LogP contribution >= 0.6 is 11.8 Å². The largest absolute Gasteiger partial charge is 0.325 e. The van der Waals surface area contributed by atoms with Gasteiger partial charge in [0.15, 0.2) is 5.69 Å². The predicted octanol–water partition coefficient (Wildman–Crippen LogP) is 2.77. The van der Waals surface area contributed by atoms with Gasteiger partial charge in [0.25, 0.3) is 11.3 Å². The molecule has 146 valence electrons. The number of aromatic amines is 1. The average molecular weight is 406 g/mol. The molecular weight excluding hydrogens is 388 g/mol. The second kappa shape index (κ2) is 8.27. The van der Waals surface area contributed by atoms with Crippen LogP contribution in [-0.4, -0.2) is 36.5 Å². The van der Waals surface area contributed by atoms with Crippen molar-refractivity contribution in [2.24, 2.45) is 0 Å². The van der Waals surface area contributed by atoms with Gasteiger partial charge in [0.05, 0.1) is 5.75 Å². The summed E-state index contributed by atoms with van der Waals surface area (Å²) in [6.07, 6.45) is 0.949. The SMILES string of the molecule is CCc1ccc(NC(=O)CSc2nnc3[nH]c(=O)c(-c4ccccc4)nn23)cc1. The van der Waals surface area contributed by atoms with E-state index in [2.05, 4.69) is 32.5 Å². The Kier molecular flexibility index (Phi) is 5.39. The fraction of sp³-hybridized carbons (Fsp3) is 0.150. The van der Waals surface area contributed by atoms with E-state index in [1.54, 1.807) is 12.1 Å². The molecule has 2 heterocycles. The van der Waals surface area contributed by atoms with Crippen LogP contribution in [0.25, 0.3) is 17.0 Å². The maximum atomic E-state index is 12.3. The Morgan fingerprint density at radius 2 is 1.86 bits per heavy atom. The number of hydrogen-bond donors (Lipinski definition) is 2. The van der Waals surface area contributed by atoms with Crippen LogP contribution in [0.2, 0.25) is 0 Å². The third-order valence-electron chi connectivity index (χ3n) is 4.28. The molecule has 29 heavy (non-hydrogen) atoms. The van der Waals surface area contributed by atoms with Gasteiger partial charge in [-0.05, 0) is 24.1 Å². The second-order valence-electron chi connectivity index (χ2n) is 6.27. The smallest absolute Gasteiger partial charge is 0.279 e. The highest BCUT2D eigenvalue weighted by Gasteiger charge is 2.14. The minimum atomic E-state index is -0.346. The first-order valence-electron chi connectivity index (χ1n) is 9.07. The van der Waals surface area contributed by atoms with Crippen molar-refractivity contribution in [3.05, 3.63) is 70.5 Å². The highest BCUT2D eigenvalue weighted by atomic mass is 32.2. The normalized spacial score (nSPS) is 10.9. The van der Waals surface area contributed by atoms with Crippen LogP contribution in [0, 0.1) is 0 Å². The van der Waals surface area contributed by atoms with Crippen LogP contribution < -0.4 is 10.9 Å². The molecular formula is C20H18N6O2S. The third-order valence-corrected chi connectivity index (χ3v) is 5.20. The molecule has 4 rings (SSSR count). The van der Waals surface area contributed by atoms with Crippen LogP contribution in [0.15, 0.2) is 64.5 Å². The summed E-state index contributed by atoms with van der Waals surface area (Å²) in [6, 6.07) is 16.9. The Balaban J connectivity index is 1.50.